The van der Waals surface area contributed by atoms with Crippen LogP contribution in [0.3, 0.4) is 0 Å². The second-order valence-electron chi connectivity index (χ2n) is 11.2. The minimum atomic E-state index is -1.08. The molecular formula is C30H52N4O6. The quantitative estimate of drug-likeness (QED) is 0.200. The number of nitrogens with two attached hydrogens (primary N) is 1. The number of rotatable bonds is 18. The first-order valence-corrected chi connectivity index (χ1v) is 14.6. The van der Waals surface area contributed by atoms with Crippen LogP contribution in [0.4, 0.5) is 0 Å². The van der Waals surface area contributed by atoms with Gasteiger partial charge in [-0.25, -0.2) is 0 Å². The van der Waals surface area contributed by atoms with Crippen molar-refractivity contribution < 1.29 is 28.9 Å². The van der Waals surface area contributed by atoms with E-state index in [1.165, 1.54) is 7.11 Å². The number of carbonyl (C=O) groups is 2. The minimum absolute atomic E-state index is 0.0268. The first kappa shape index (κ1) is 34.0. The first-order valence-electron chi connectivity index (χ1n) is 14.6. The Morgan fingerprint density at radius 1 is 1.05 bits per heavy atom. The van der Waals surface area contributed by atoms with Crippen LogP contribution in [0.1, 0.15) is 69.7 Å². The van der Waals surface area contributed by atoms with Gasteiger partial charge in [0.2, 0.25) is 0 Å². The van der Waals surface area contributed by atoms with E-state index in [2.05, 4.69) is 24.5 Å². The Bertz CT molecular complexity index is 895. The van der Waals surface area contributed by atoms with Crippen molar-refractivity contribution >= 4 is 11.8 Å². The molecule has 0 aromatic heterocycles. The molecule has 1 aromatic rings. The fourth-order valence-corrected chi connectivity index (χ4v) is 4.93. The summed E-state index contributed by atoms with van der Waals surface area (Å²) in [5.41, 5.74) is 5.77. The lowest BCUT2D eigenvalue weighted by Crippen LogP contribution is -2.60. The van der Waals surface area contributed by atoms with Crippen LogP contribution in [0, 0.1) is 11.8 Å². The second-order valence-corrected chi connectivity index (χ2v) is 11.2. The van der Waals surface area contributed by atoms with Gasteiger partial charge in [-0.3, -0.25) is 14.5 Å². The molecule has 1 heterocycles. The van der Waals surface area contributed by atoms with Crippen molar-refractivity contribution in [3.63, 3.8) is 0 Å². The SMILES string of the molecule is COCCCCOc1ccccc1C(=O)NC[C@@H](C[C@H](N)[C@@H](O)CNC(=O)C(C)(OC)N1CCCCC1)C(C)C. The number of para-hydroxylation sites is 1. The van der Waals surface area contributed by atoms with E-state index in [9.17, 15) is 14.7 Å². The number of methoxy groups -OCH3 is 2. The van der Waals surface area contributed by atoms with Crippen LogP contribution >= 0.6 is 0 Å². The number of aliphatic hydroxyl groups excluding tert-OH is 1. The maximum absolute atomic E-state index is 13.0. The third-order valence-electron chi connectivity index (χ3n) is 7.92. The van der Waals surface area contributed by atoms with E-state index in [0.717, 1.165) is 45.2 Å². The molecule has 0 aliphatic carbocycles. The molecule has 1 aliphatic rings. The van der Waals surface area contributed by atoms with Crippen LogP contribution in [-0.4, -0.2) is 93.3 Å². The van der Waals surface area contributed by atoms with E-state index in [1.807, 2.05) is 17.0 Å². The van der Waals surface area contributed by atoms with Gasteiger partial charge >= 0.3 is 0 Å². The number of amides is 2. The fraction of sp³-hybridized carbons (Fsp3) is 0.733. The van der Waals surface area contributed by atoms with Crippen molar-refractivity contribution in [1.82, 2.24) is 15.5 Å². The first-order chi connectivity index (χ1) is 19.1. The van der Waals surface area contributed by atoms with Crippen LogP contribution in [-0.2, 0) is 14.3 Å². The van der Waals surface area contributed by atoms with Gasteiger partial charge in [-0.2, -0.15) is 0 Å². The zero-order valence-electron chi connectivity index (χ0n) is 25.1. The molecule has 10 heteroatoms. The molecule has 10 nitrogen and oxygen atoms in total. The lowest BCUT2D eigenvalue weighted by atomic mass is 9.87. The number of piperidine rings is 1. The van der Waals surface area contributed by atoms with Gasteiger partial charge < -0.3 is 35.7 Å². The predicted molar refractivity (Wildman–Crippen MR) is 156 cm³/mol. The smallest absolute Gasteiger partial charge is 0.267 e. The number of ether oxygens (including phenoxy) is 3. The number of unbranched alkanes of at least 4 members (excludes halogenated alkanes) is 1. The highest BCUT2D eigenvalue weighted by molar-refractivity contribution is 5.96. The Balaban J connectivity index is 1.88. The average molecular weight is 565 g/mol. The summed E-state index contributed by atoms with van der Waals surface area (Å²) in [5, 5.41) is 16.6. The van der Waals surface area contributed by atoms with E-state index in [-0.39, 0.29) is 30.2 Å². The van der Waals surface area contributed by atoms with E-state index >= 15 is 0 Å². The van der Waals surface area contributed by atoms with Crippen LogP contribution in [0.5, 0.6) is 5.75 Å². The Morgan fingerprint density at radius 2 is 1.73 bits per heavy atom. The van der Waals surface area contributed by atoms with Gasteiger partial charge in [0.25, 0.3) is 11.8 Å². The van der Waals surface area contributed by atoms with Crippen molar-refractivity contribution in [2.75, 3.05) is 53.6 Å². The molecule has 0 bridgehead atoms. The lowest BCUT2D eigenvalue weighted by Gasteiger charge is -2.41. The van der Waals surface area contributed by atoms with Crippen molar-refractivity contribution in [3.8, 4) is 5.75 Å². The molecule has 1 saturated heterocycles. The maximum atomic E-state index is 13.0. The summed E-state index contributed by atoms with van der Waals surface area (Å²) in [7, 11) is 3.20. The third-order valence-corrected chi connectivity index (χ3v) is 7.92. The van der Waals surface area contributed by atoms with Gasteiger partial charge in [-0.1, -0.05) is 32.4 Å². The molecule has 2 rings (SSSR count). The predicted octanol–water partition coefficient (Wildman–Crippen LogP) is 2.54. The molecular weight excluding hydrogens is 512 g/mol. The summed E-state index contributed by atoms with van der Waals surface area (Å²) in [5.74, 6) is 0.306. The van der Waals surface area contributed by atoms with Gasteiger partial charge in [0.05, 0.1) is 18.3 Å². The van der Waals surface area contributed by atoms with Crippen LogP contribution < -0.4 is 21.1 Å². The topological polar surface area (TPSA) is 135 Å². The Labute approximate surface area is 240 Å². The molecule has 1 aromatic carbocycles. The minimum Gasteiger partial charge on any atom is -0.493 e. The standard InChI is InChI=1S/C30H52N4O6/c1-22(2)23(20-32-28(36)24-13-7-8-14-27(24)40-18-12-11-17-38-4)19-25(31)26(35)21-33-29(37)30(3,39-5)34-15-9-6-10-16-34/h7-8,13-14,22-23,25-26,35H,6,9-12,15-21,31H2,1-5H3,(H,32,36)(H,33,37)/t23-,25+,26+,30?/m1/s1. The van der Waals surface area contributed by atoms with E-state index in [0.29, 0.717) is 37.5 Å². The van der Waals surface area contributed by atoms with E-state index in [4.69, 9.17) is 19.9 Å². The maximum Gasteiger partial charge on any atom is 0.267 e. The molecule has 4 atom stereocenters. The molecule has 40 heavy (non-hydrogen) atoms. The van der Waals surface area contributed by atoms with Gasteiger partial charge in [0, 0.05) is 53.0 Å². The highest BCUT2D eigenvalue weighted by Gasteiger charge is 2.40. The van der Waals surface area contributed by atoms with Crippen molar-refractivity contribution in [3.05, 3.63) is 29.8 Å². The molecule has 0 radical (unpaired) electrons. The summed E-state index contributed by atoms with van der Waals surface area (Å²) in [6.45, 7) is 9.11. The zero-order valence-corrected chi connectivity index (χ0v) is 25.1. The number of likely N-dealkylation sites (tertiary alicyclic amines) is 1. The van der Waals surface area contributed by atoms with Gasteiger partial charge in [-0.05, 0) is 63.0 Å². The number of aliphatic hydroxyl groups is 1. The number of nitrogens with zero attached hydrogens (tertiary/aromatic N) is 1. The number of hydrogen-bond acceptors (Lipinski definition) is 8. The molecule has 1 unspecified atom stereocenters. The zero-order chi connectivity index (χ0) is 29.5. The van der Waals surface area contributed by atoms with Crippen LogP contribution in [0.15, 0.2) is 24.3 Å². The highest BCUT2D eigenvalue weighted by atomic mass is 16.5. The number of nitrogens with one attached hydrogen (secondary N) is 2. The summed E-state index contributed by atoms with van der Waals surface area (Å²) in [6.07, 6.45) is 4.49. The van der Waals surface area contributed by atoms with Crippen LogP contribution in [0.25, 0.3) is 0 Å². The summed E-state index contributed by atoms with van der Waals surface area (Å²) < 4.78 is 16.5. The highest BCUT2D eigenvalue weighted by Crippen LogP contribution is 2.23. The van der Waals surface area contributed by atoms with Crippen LogP contribution in [0.2, 0.25) is 0 Å². The van der Waals surface area contributed by atoms with Crippen molar-refractivity contribution in [1.29, 1.82) is 0 Å². The second kappa shape index (κ2) is 17.5. The van der Waals surface area contributed by atoms with E-state index in [1.54, 1.807) is 26.2 Å². The Morgan fingerprint density at radius 3 is 2.38 bits per heavy atom. The van der Waals surface area contributed by atoms with Gasteiger partial charge in [0.1, 0.15) is 5.75 Å². The molecule has 1 aliphatic heterocycles. The Hall–Kier alpha value is -2.24. The summed E-state index contributed by atoms with van der Waals surface area (Å²) in [6, 6.07) is 6.63. The molecule has 2 amide bonds. The fourth-order valence-electron chi connectivity index (χ4n) is 4.93. The van der Waals surface area contributed by atoms with E-state index < -0.39 is 17.9 Å². The molecule has 5 N–H and O–H groups in total. The average Bonchev–Trinajstić information content (AvgIpc) is 2.97. The molecule has 228 valence electrons. The van der Waals surface area contributed by atoms with Gasteiger partial charge in [-0.15, -0.1) is 0 Å². The Kier molecular flexibility index (Phi) is 14.9. The number of hydrogen-bond donors (Lipinski definition) is 4. The summed E-state index contributed by atoms with van der Waals surface area (Å²) in [4.78, 5) is 28.1. The molecule has 0 spiro atoms. The third kappa shape index (κ3) is 10.3. The van der Waals surface area contributed by atoms with Crippen molar-refractivity contribution in [2.45, 2.75) is 77.2 Å². The molecule has 1 fully saturated rings. The molecule has 0 saturated carbocycles. The summed E-state index contributed by atoms with van der Waals surface area (Å²) >= 11 is 0. The number of carbonyl (C=O) groups excluding carboxylic acids is 2. The normalized spacial score (nSPS) is 18.0. The number of benzene rings is 1. The van der Waals surface area contributed by atoms with Gasteiger partial charge in [0.15, 0.2) is 5.72 Å². The largest absolute Gasteiger partial charge is 0.493 e. The lowest BCUT2D eigenvalue weighted by molar-refractivity contribution is -0.170. The van der Waals surface area contributed by atoms with Crippen molar-refractivity contribution in [2.24, 2.45) is 17.6 Å². The monoisotopic (exact) mass is 564 g/mol.